The number of carbonyl (C=O) groups is 3. The third-order valence-electron chi connectivity index (χ3n) is 3.94. The van der Waals surface area contributed by atoms with E-state index in [-0.39, 0.29) is 12.8 Å². The molecule has 0 spiro atoms. The van der Waals surface area contributed by atoms with Gasteiger partial charge in [0.1, 0.15) is 17.9 Å². The molecule has 27 heavy (non-hydrogen) atoms. The van der Waals surface area contributed by atoms with Crippen LogP contribution >= 0.6 is 0 Å². The third-order valence-corrected chi connectivity index (χ3v) is 3.94. The lowest BCUT2D eigenvalue weighted by atomic mass is 10.0. The average molecular weight is 372 g/mol. The molecular formula is C20H21FN2O4. The average Bonchev–Trinajstić information content (AvgIpc) is 2.62. The monoisotopic (exact) mass is 372 g/mol. The van der Waals surface area contributed by atoms with E-state index in [0.29, 0.717) is 5.56 Å². The van der Waals surface area contributed by atoms with Crippen molar-refractivity contribution in [3.8, 4) is 0 Å². The fraction of sp³-hybridized carbons (Fsp3) is 0.250. The lowest BCUT2D eigenvalue weighted by molar-refractivity contribution is -0.142. The van der Waals surface area contributed by atoms with Gasteiger partial charge in [-0.1, -0.05) is 42.5 Å². The molecular weight excluding hydrogens is 351 g/mol. The van der Waals surface area contributed by atoms with Gasteiger partial charge < -0.3 is 15.7 Å². The Balaban J connectivity index is 2.10. The number of nitrogens with one attached hydrogen (secondary N) is 2. The van der Waals surface area contributed by atoms with Crippen molar-refractivity contribution in [1.82, 2.24) is 10.6 Å². The Morgan fingerprint density at radius 3 is 2.00 bits per heavy atom. The minimum atomic E-state index is -1.21. The number of benzene rings is 2. The van der Waals surface area contributed by atoms with E-state index in [0.717, 1.165) is 5.56 Å². The number of hydrogen-bond donors (Lipinski definition) is 3. The largest absolute Gasteiger partial charge is 0.480 e. The van der Waals surface area contributed by atoms with Crippen molar-refractivity contribution in [2.45, 2.75) is 31.8 Å². The molecule has 0 aliphatic rings. The van der Waals surface area contributed by atoms with Crippen LogP contribution in [0, 0.1) is 5.82 Å². The highest BCUT2D eigenvalue weighted by Gasteiger charge is 2.26. The van der Waals surface area contributed by atoms with Crippen molar-refractivity contribution >= 4 is 17.8 Å². The molecule has 0 aliphatic heterocycles. The molecule has 0 saturated carbocycles. The van der Waals surface area contributed by atoms with E-state index in [4.69, 9.17) is 0 Å². The zero-order chi connectivity index (χ0) is 19.8. The minimum absolute atomic E-state index is 0.000514. The number of rotatable bonds is 8. The van der Waals surface area contributed by atoms with E-state index < -0.39 is 35.7 Å². The first-order valence-corrected chi connectivity index (χ1v) is 8.44. The van der Waals surface area contributed by atoms with Gasteiger partial charge in [0.05, 0.1) is 0 Å². The predicted molar refractivity (Wildman–Crippen MR) is 97.4 cm³/mol. The van der Waals surface area contributed by atoms with Crippen LogP contribution in [0.2, 0.25) is 0 Å². The molecule has 0 fully saturated rings. The van der Waals surface area contributed by atoms with Crippen molar-refractivity contribution in [2.75, 3.05) is 0 Å². The Morgan fingerprint density at radius 2 is 1.44 bits per heavy atom. The zero-order valence-corrected chi connectivity index (χ0v) is 14.8. The number of amides is 2. The first kappa shape index (κ1) is 20.1. The molecule has 0 unspecified atom stereocenters. The zero-order valence-electron chi connectivity index (χ0n) is 14.8. The molecule has 6 nitrogen and oxygen atoms in total. The van der Waals surface area contributed by atoms with Gasteiger partial charge >= 0.3 is 5.97 Å². The minimum Gasteiger partial charge on any atom is -0.480 e. The lowest BCUT2D eigenvalue weighted by Gasteiger charge is -2.21. The smallest absolute Gasteiger partial charge is 0.326 e. The van der Waals surface area contributed by atoms with E-state index in [1.165, 1.54) is 31.2 Å². The van der Waals surface area contributed by atoms with Gasteiger partial charge in [-0.3, -0.25) is 9.59 Å². The molecule has 2 amide bonds. The second-order valence-electron chi connectivity index (χ2n) is 6.17. The molecule has 142 valence electrons. The molecule has 0 heterocycles. The summed E-state index contributed by atoms with van der Waals surface area (Å²) in [5, 5.41) is 14.4. The quantitative estimate of drug-likeness (QED) is 0.657. The molecule has 2 atom stereocenters. The number of carboxylic acids is 1. The molecule has 2 rings (SSSR count). The Hall–Kier alpha value is -3.22. The summed E-state index contributed by atoms with van der Waals surface area (Å²) < 4.78 is 13.0. The normalized spacial score (nSPS) is 12.7. The van der Waals surface area contributed by atoms with Gasteiger partial charge in [-0.25, -0.2) is 9.18 Å². The number of hydrogen-bond acceptors (Lipinski definition) is 3. The molecule has 0 aliphatic carbocycles. The molecule has 3 N–H and O–H groups in total. The highest BCUT2D eigenvalue weighted by atomic mass is 19.1. The van der Waals surface area contributed by atoms with E-state index in [9.17, 15) is 23.9 Å². The van der Waals surface area contributed by atoms with E-state index in [1.807, 2.05) is 30.3 Å². The Labute approximate surface area is 156 Å². The summed E-state index contributed by atoms with van der Waals surface area (Å²) in [5.74, 6) is -2.63. The van der Waals surface area contributed by atoms with Crippen molar-refractivity contribution in [2.24, 2.45) is 0 Å². The highest BCUT2D eigenvalue weighted by molar-refractivity contribution is 5.90. The van der Waals surface area contributed by atoms with Gasteiger partial charge in [-0.2, -0.15) is 0 Å². The van der Waals surface area contributed by atoms with Crippen LogP contribution in [0.5, 0.6) is 0 Å². The summed E-state index contributed by atoms with van der Waals surface area (Å²) >= 11 is 0. The maximum atomic E-state index is 13.0. The summed E-state index contributed by atoms with van der Waals surface area (Å²) in [4.78, 5) is 35.6. The second-order valence-corrected chi connectivity index (χ2v) is 6.17. The number of carbonyl (C=O) groups excluding carboxylic acids is 2. The molecule has 2 aromatic rings. The van der Waals surface area contributed by atoms with Gasteiger partial charge in [0, 0.05) is 19.8 Å². The topological polar surface area (TPSA) is 95.5 Å². The fourth-order valence-electron chi connectivity index (χ4n) is 2.63. The van der Waals surface area contributed by atoms with Gasteiger partial charge in [0.15, 0.2) is 0 Å². The molecule has 0 aromatic heterocycles. The van der Waals surface area contributed by atoms with Gasteiger partial charge in [-0.15, -0.1) is 0 Å². The molecule has 0 radical (unpaired) electrons. The van der Waals surface area contributed by atoms with Crippen molar-refractivity contribution in [1.29, 1.82) is 0 Å². The van der Waals surface area contributed by atoms with Crippen molar-refractivity contribution in [3.05, 3.63) is 71.5 Å². The molecule has 0 saturated heterocycles. The highest BCUT2D eigenvalue weighted by Crippen LogP contribution is 2.08. The summed E-state index contributed by atoms with van der Waals surface area (Å²) in [6.45, 7) is 1.29. The first-order chi connectivity index (χ1) is 12.8. The predicted octanol–water partition coefficient (Wildman–Crippen LogP) is 1.68. The lowest BCUT2D eigenvalue weighted by Crippen LogP contribution is -2.52. The van der Waals surface area contributed by atoms with Crippen LogP contribution in [0.1, 0.15) is 18.1 Å². The summed E-state index contributed by atoms with van der Waals surface area (Å²) in [6.07, 6.45) is 0.231. The van der Waals surface area contributed by atoms with Crippen LogP contribution in [0.25, 0.3) is 0 Å². The van der Waals surface area contributed by atoms with Crippen LogP contribution in [-0.4, -0.2) is 35.0 Å². The first-order valence-electron chi connectivity index (χ1n) is 8.44. The van der Waals surface area contributed by atoms with E-state index in [2.05, 4.69) is 10.6 Å². The van der Waals surface area contributed by atoms with Crippen LogP contribution in [0.3, 0.4) is 0 Å². The summed E-state index contributed by atoms with van der Waals surface area (Å²) in [6, 6.07) is 12.4. The maximum Gasteiger partial charge on any atom is 0.326 e. The van der Waals surface area contributed by atoms with Crippen LogP contribution in [0.15, 0.2) is 54.6 Å². The maximum absolute atomic E-state index is 13.0. The van der Waals surface area contributed by atoms with Crippen LogP contribution in [0.4, 0.5) is 4.39 Å². The number of carboxylic acid groups (broad SMARTS) is 1. The Morgan fingerprint density at radius 1 is 0.889 bits per heavy atom. The third kappa shape index (κ3) is 6.54. The van der Waals surface area contributed by atoms with E-state index in [1.54, 1.807) is 0 Å². The van der Waals surface area contributed by atoms with Gasteiger partial charge in [-0.05, 0) is 23.3 Å². The standard InChI is InChI=1S/C20H21FN2O4/c1-13(24)22-17(11-14-5-3-2-4-6-14)19(25)23-18(20(26)27)12-15-7-9-16(21)10-8-15/h2-10,17-18H,11-12H2,1H3,(H,22,24)(H,23,25)(H,26,27)/t17-,18+/m1/s1. The SMILES string of the molecule is CC(=O)N[C@H](Cc1ccccc1)C(=O)N[C@@H](Cc1ccc(F)cc1)C(=O)O. The fourth-order valence-corrected chi connectivity index (χ4v) is 2.63. The van der Waals surface area contributed by atoms with Crippen LogP contribution < -0.4 is 10.6 Å². The van der Waals surface area contributed by atoms with Crippen LogP contribution in [-0.2, 0) is 27.2 Å². The Bertz CT molecular complexity index is 793. The summed E-state index contributed by atoms with van der Waals surface area (Å²) in [5.41, 5.74) is 1.40. The second kappa shape index (κ2) is 9.47. The van der Waals surface area contributed by atoms with Gasteiger partial charge in [0.2, 0.25) is 11.8 Å². The molecule has 0 bridgehead atoms. The van der Waals surface area contributed by atoms with Crippen molar-refractivity contribution < 1.29 is 23.9 Å². The van der Waals surface area contributed by atoms with Gasteiger partial charge in [0.25, 0.3) is 0 Å². The number of aliphatic carboxylic acids is 1. The van der Waals surface area contributed by atoms with Crippen molar-refractivity contribution in [3.63, 3.8) is 0 Å². The summed E-state index contributed by atoms with van der Waals surface area (Å²) in [7, 11) is 0. The molecule has 2 aromatic carbocycles. The Kier molecular flexibility index (Phi) is 7.05. The van der Waals surface area contributed by atoms with E-state index >= 15 is 0 Å². The molecule has 7 heteroatoms. The number of halogens is 1.